The Bertz CT molecular complexity index is 402. The number of aliphatic hydroxyl groups is 1. The molecule has 1 aliphatic rings. The molecular weight excluding hydrogens is 237 g/mol. The van der Waals surface area contributed by atoms with Crippen LogP contribution in [0.2, 0.25) is 0 Å². The maximum atomic E-state index is 13.7. The highest BCUT2D eigenvalue weighted by Crippen LogP contribution is 2.26. The summed E-state index contributed by atoms with van der Waals surface area (Å²) in [6, 6.07) is 8.66. The summed E-state index contributed by atoms with van der Waals surface area (Å²) >= 11 is 0. The first-order valence-electron chi connectivity index (χ1n) is 5.95. The Kier molecular flexibility index (Phi) is 3.93. The lowest BCUT2D eigenvalue weighted by molar-refractivity contribution is -0.145. The van der Waals surface area contributed by atoms with Crippen LogP contribution in [0, 0.1) is 0 Å². The molecular formula is C13H16FNO3. The molecule has 5 heteroatoms. The molecule has 1 aromatic carbocycles. The van der Waals surface area contributed by atoms with Crippen molar-refractivity contribution in [1.82, 2.24) is 5.06 Å². The van der Waals surface area contributed by atoms with Gasteiger partial charge < -0.3 is 9.94 Å². The Morgan fingerprint density at radius 1 is 1.33 bits per heavy atom. The maximum absolute atomic E-state index is 13.7. The van der Waals surface area contributed by atoms with Crippen molar-refractivity contribution in [2.75, 3.05) is 19.7 Å². The second-order valence-electron chi connectivity index (χ2n) is 4.48. The molecule has 0 aliphatic carbocycles. The molecule has 0 saturated carbocycles. The second-order valence-corrected chi connectivity index (χ2v) is 4.48. The first-order chi connectivity index (χ1) is 8.63. The van der Waals surface area contributed by atoms with Crippen molar-refractivity contribution in [3.8, 4) is 0 Å². The summed E-state index contributed by atoms with van der Waals surface area (Å²) in [4.78, 5) is 16.9. The van der Waals surface area contributed by atoms with Crippen molar-refractivity contribution < 1.29 is 19.1 Å². The number of rotatable bonds is 3. The number of hydroxylamine groups is 2. The number of hydrogen-bond acceptors (Lipinski definition) is 4. The van der Waals surface area contributed by atoms with E-state index >= 15 is 0 Å². The summed E-state index contributed by atoms with van der Waals surface area (Å²) < 4.78 is 13.7. The van der Waals surface area contributed by atoms with Crippen molar-refractivity contribution in [3.63, 3.8) is 0 Å². The highest BCUT2D eigenvalue weighted by atomic mass is 19.1. The minimum atomic E-state index is -1.53. The first kappa shape index (κ1) is 13.0. The number of benzene rings is 1. The fourth-order valence-corrected chi connectivity index (χ4v) is 1.88. The largest absolute Gasteiger partial charge is 0.393 e. The topological polar surface area (TPSA) is 49.8 Å². The molecule has 1 aromatic rings. The Balaban J connectivity index is 1.87. The Labute approximate surface area is 105 Å². The molecule has 1 heterocycles. The zero-order chi connectivity index (χ0) is 13.0. The van der Waals surface area contributed by atoms with Gasteiger partial charge in [-0.05, 0) is 25.0 Å². The Hall–Kier alpha value is -1.46. The van der Waals surface area contributed by atoms with E-state index in [-0.39, 0.29) is 12.8 Å². The lowest BCUT2D eigenvalue weighted by atomic mass is 9.95. The first-order valence-corrected chi connectivity index (χ1v) is 5.95. The standard InChI is InChI=1S/C13H16FNO3/c14-13(10-16)6-8-15(9-7-13)18-12(17)11-4-2-1-3-5-11/h1-5,16H,6-10H2. The number of carbonyl (C=O) groups excluding carboxylic acids is 1. The smallest absolute Gasteiger partial charge is 0.357 e. The van der Waals surface area contributed by atoms with E-state index in [1.54, 1.807) is 24.3 Å². The van der Waals surface area contributed by atoms with Gasteiger partial charge >= 0.3 is 5.97 Å². The van der Waals surface area contributed by atoms with E-state index in [4.69, 9.17) is 9.94 Å². The van der Waals surface area contributed by atoms with Crippen LogP contribution in [0.1, 0.15) is 23.2 Å². The summed E-state index contributed by atoms with van der Waals surface area (Å²) in [5.41, 5.74) is -1.06. The van der Waals surface area contributed by atoms with Crippen LogP contribution in [0.15, 0.2) is 30.3 Å². The van der Waals surface area contributed by atoms with Crippen LogP contribution < -0.4 is 0 Å². The number of hydrogen-bond donors (Lipinski definition) is 1. The van der Waals surface area contributed by atoms with Crippen LogP contribution in [0.25, 0.3) is 0 Å². The Morgan fingerprint density at radius 2 is 1.94 bits per heavy atom. The lowest BCUT2D eigenvalue weighted by Crippen LogP contribution is -2.44. The van der Waals surface area contributed by atoms with Crippen LogP contribution in [0.5, 0.6) is 0 Å². The van der Waals surface area contributed by atoms with Gasteiger partial charge in [-0.2, -0.15) is 0 Å². The number of piperidine rings is 1. The van der Waals surface area contributed by atoms with Crippen LogP contribution in [0.4, 0.5) is 4.39 Å². The van der Waals surface area contributed by atoms with Crippen molar-refractivity contribution in [3.05, 3.63) is 35.9 Å². The fraction of sp³-hybridized carbons (Fsp3) is 0.462. The number of aliphatic hydroxyl groups excluding tert-OH is 1. The predicted molar refractivity (Wildman–Crippen MR) is 63.6 cm³/mol. The molecule has 0 spiro atoms. The number of nitrogens with zero attached hydrogens (tertiary/aromatic N) is 1. The number of halogens is 1. The molecule has 0 atom stereocenters. The molecule has 1 aliphatic heterocycles. The van der Waals surface area contributed by atoms with Gasteiger partial charge in [0.1, 0.15) is 5.67 Å². The van der Waals surface area contributed by atoms with Gasteiger partial charge in [-0.25, -0.2) is 9.18 Å². The van der Waals surface area contributed by atoms with Gasteiger partial charge in [0.05, 0.1) is 12.2 Å². The van der Waals surface area contributed by atoms with E-state index in [1.165, 1.54) is 5.06 Å². The summed E-state index contributed by atoms with van der Waals surface area (Å²) in [5, 5.41) is 10.3. The van der Waals surface area contributed by atoms with E-state index in [9.17, 15) is 9.18 Å². The molecule has 1 fully saturated rings. The molecule has 1 N–H and O–H groups in total. The van der Waals surface area contributed by atoms with Crippen LogP contribution in [-0.4, -0.2) is 41.5 Å². The normalized spacial score (nSPS) is 19.4. The number of carbonyl (C=O) groups is 1. The third-order valence-corrected chi connectivity index (χ3v) is 3.12. The molecule has 0 unspecified atom stereocenters. The summed E-state index contributed by atoms with van der Waals surface area (Å²) in [6.07, 6.45) is 0.344. The fourth-order valence-electron chi connectivity index (χ4n) is 1.88. The van der Waals surface area contributed by atoms with Gasteiger partial charge in [0.15, 0.2) is 0 Å². The van der Waals surface area contributed by atoms with Crippen molar-refractivity contribution in [2.24, 2.45) is 0 Å². The predicted octanol–water partition coefficient (Wildman–Crippen LogP) is 1.55. The SMILES string of the molecule is O=C(ON1CCC(F)(CO)CC1)c1ccccc1. The lowest BCUT2D eigenvalue weighted by Gasteiger charge is -2.33. The van der Waals surface area contributed by atoms with Gasteiger partial charge in [-0.1, -0.05) is 18.2 Å². The monoisotopic (exact) mass is 253 g/mol. The van der Waals surface area contributed by atoms with E-state index < -0.39 is 18.2 Å². The van der Waals surface area contributed by atoms with Crippen LogP contribution in [0.3, 0.4) is 0 Å². The molecule has 18 heavy (non-hydrogen) atoms. The quantitative estimate of drug-likeness (QED) is 0.888. The van der Waals surface area contributed by atoms with Crippen molar-refractivity contribution in [1.29, 1.82) is 0 Å². The van der Waals surface area contributed by atoms with Gasteiger partial charge in [0.2, 0.25) is 0 Å². The molecule has 0 amide bonds. The molecule has 0 bridgehead atoms. The molecule has 2 rings (SSSR count). The molecule has 1 saturated heterocycles. The van der Waals surface area contributed by atoms with Gasteiger partial charge in [-0.3, -0.25) is 0 Å². The van der Waals surface area contributed by atoms with Crippen LogP contribution >= 0.6 is 0 Å². The minimum absolute atomic E-state index is 0.172. The highest BCUT2D eigenvalue weighted by Gasteiger charge is 2.35. The minimum Gasteiger partial charge on any atom is -0.393 e. The summed E-state index contributed by atoms with van der Waals surface area (Å²) in [5.74, 6) is -0.439. The van der Waals surface area contributed by atoms with Gasteiger partial charge in [-0.15, -0.1) is 5.06 Å². The van der Waals surface area contributed by atoms with E-state index in [1.807, 2.05) is 6.07 Å². The average Bonchev–Trinajstić information content (AvgIpc) is 2.42. The highest BCUT2D eigenvalue weighted by molar-refractivity contribution is 5.89. The molecule has 0 aromatic heterocycles. The zero-order valence-corrected chi connectivity index (χ0v) is 10.0. The molecule has 4 nitrogen and oxygen atoms in total. The second kappa shape index (κ2) is 5.46. The zero-order valence-electron chi connectivity index (χ0n) is 10.0. The van der Waals surface area contributed by atoms with E-state index in [0.29, 0.717) is 18.7 Å². The summed E-state index contributed by atoms with van der Waals surface area (Å²) in [6.45, 7) is 0.124. The molecule has 98 valence electrons. The summed E-state index contributed by atoms with van der Waals surface area (Å²) in [7, 11) is 0. The molecule has 0 radical (unpaired) electrons. The van der Waals surface area contributed by atoms with Crippen molar-refractivity contribution >= 4 is 5.97 Å². The third kappa shape index (κ3) is 3.05. The van der Waals surface area contributed by atoms with E-state index in [2.05, 4.69) is 0 Å². The van der Waals surface area contributed by atoms with Gasteiger partial charge in [0, 0.05) is 13.1 Å². The van der Waals surface area contributed by atoms with E-state index in [0.717, 1.165) is 0 Å². The van der Waals surface area contributed by atoms with Crippen molar-refractivity contribution in [2.45, 2.75) is 18.5 Å². The average molecular weight is 253 g/mol. The van der Waals surface area contributed by atoms with Gasteiger partial charge in [0.25, 0.3) is 0 Å². The number of alkyl halides is 1. The third-order valence-electron chi connectivity index (χ3n) is 3.12. The van der Waals surface area contributed by atoms with Crippen LogP contribution in [-0.2, 0) is 4.84 Å². The maximum Gasteiger partial charge on any atom is 0.357 e. The Morgan fingerprint density at radius 3 is 2.50 bits per heavy atom.